The zero-order valence-electron chi connectivity index (χ0n) is 13.7. The van der Waals surface area contributed by atoms with Gasteiger partial charge in [0.1, 0.15) is 17.4 Å². The summed E-state index contributed by atoms with van der Waals surface area (Å²) in [4.78, 5) is 12.5. The van der Waals surface area contributed by atoms with Crippen molar-refractivity contribution in [2.24, 2.45) is 16.5 Å². The second-order valence-corrected chi connectivity index (χ2v) is 5.53. The van der Waals surface area contributed by atoms with Crippen molar-refractivity contribution in [2.75, 3.05) is 0 Å². The van der Waals surface area contributed by atoms with Crippen molar-refractivity contribution in [3.8, 4) is 5.75 Å². The number of halogens is 4. The van der Waals surface area contributed by atoms with Gasteiger partial charge in [-0.3, -0.25) is 0 Å². The second kappa shape index (κ2) is 7.06. The number of aromatic nitrogens is 2. The maximum atomic E-state index is 13.5. The lowest BCUT2D eigenvalue weighted by atomic mass is 10.1. The van der Waals surface area contributed by atoms with Gasteiger partial charge in [-0.25, -0.2) is 14.4 Å². The molecule has 27 heavy (non-hydrogen) atoms. The Balaban J connectivity index is 1.93. The highest BCUT2D eigenvalue weighted by atomic mass is 19.4. The lowest BCUT2D eigenvalue weighted by Gasteiger charge is -2.09. The Labute approximate surface area is 150 Å². The standard InChI is InChI=1S/C17H13F4N5O/c18-10-3-6-12-13(8-10)24-14(25-15(12)26-16(22)23)7-9-1-4-11(5-2-9)27-17(19,20)21/h1-6,8H,7H2,(H4,22,23,24,25,26). The number of aliphatic imine (C=N–C) groups is 1. The van der Waals surface area contributed by atoms with Crippen molar-refractivity contribution in [3.63, 3.8) is 0 Å². The lowest BCUT2D eigenvalue weighted by molar-refractivity contribution is -0.274. The molecule has 0 atom stereocenters. The van der Waals surface area contributed by atoms with Crippen LogP contribution in [0.4, 0.5) is 23.4 Å². The third-order valence-electron chi connectivity index (χ3n) is 3.44. The number of hydrogen-bond acceptors (Lipinski definition) is 4. The fourth-order valence-corrected chi connectivity index (χ4v) is 2.41. The van der Waals surface area contributed by atoms with Crippen LogP contribution in [0.25, 0.3) is 10.9 Å². The molecule has 0 aliphatic carbocycles. The topological polar surface area (TPSA) is 99.4 Å². The van der Waals surface area contributed by atoms with Gasteiger partial charge < -0.3 is 16.2 Å². The smallest absolute Gasteiger partial charge is 0.406 e. The minimum atomic E-state index is -4.76. The number of alkyl halides is 3. The molecule has 0 spiro atoms. The summed E-state index contributed by atoms with van der Waals surface area (Å²) in [6, 6.07) is 9.16. The largest absolute Gasteiger partial charge is 0.573 e. The van der Waals surface area contributed by atoms with E-state index in [2.05, 4.69) is 19.7 Å². The summed E-state index contributed by atoms with van der Waals surface area (Å²) in [7, 11) is 0. The monoisotopic (exact) mass is 379 g/mol. The molecule has 0 bridgehead atoms. The van der Waals surface area contributed by atoms with Crippen molar-refractivity contribution < 1.29 is 22.3 Å². The first-order valence-corrected chi connectivity index (χ1v) is 7.60. The number of nitrogens with zero attached hydrogens (tertiary/aromatic N) is 3. The summed E-state index contributed by atoms with van der Waals surface area (Å²) in [5.41, 5.74) is 11.7. The molecule has 0 fully saturated rings. The van der Waals surface area contributed by atoms with Gasteiger partial charge in [-0.05, 0) is 29.8 Å². The Kier molecular flexibility index (Phi) is 4.80. The van der Waals surface area contributed by atoms with E-state index in [1.165, 1.54) is 42.5 Å². The Hall–Kier alpha value is -3.43. The Morgan fingerprint density at radius 2 is 1.74 bits per heavy atom. The molecule has 0 aliphatic rings. The summed E-state index contributed by atoms with van der Waals surface area (Å²) in [5, 5.41) is 0.461. The molecule has 6 nitrogen and oxygen atoms in total. The summed E-state index contributed by atoms with van der Waals surface area (Å²) in [6.45, 7) is 0. The molecule has 2 aromatic carbocycles. The van der Waals surface area contributed by atoms with Crippen LogP contribution in [0.5, 0.6) is 5.75 Å². The van der Waals surface area contributed by atoms with Crippen molar-refractivity contribution >= 4 is 22.7 Å². The highest BCUT2D eigenvalue weighted by Crippen LogP contribution is 2.26. The van der Waals surface area contributed by atoms with Crippen LogP contribution < -0.4 is 16.2 Å². The molecule has 0 saturated heterocycles. The zero-order valence-corrected chi connectivity index (χ0v) is 13.7. The Morgan fingerprint density at radius 3 is 2.37 bits per heavy atom. The predicted octanol–water partition coefficient (Wildman–Crippen LogP) is 3.16. The number of hydrogen-bond donors (Lipinski definition) is 2. The molecule has 0 saturated carbocycles. The van der Waals surface area contributed by atoms with E-state index in [4.69, 9.17) is 11.5 Å². The van der Waals surface area contributed by atoms with Crippen LogP contribution in [-0.4, -0.2) is 22.3 Å². The molecule has 0 radical (unpaired) electrons. The molecule has 0 aliphatic heterocycles. The Morgan fingerprint density at radius 1 is 1.04 bits per heavy atom. The van der Waals surface area contributed by atoms with Gasteiger partial charge in [0.05, 0.1) is 5.52 Å². The van der Waals surface area contributed by atoms with Gasteiger partial charge >= 0.3 is 6.36 Å². The minimum Gasteiger partial charge on any atom is -0.406 e. The lowest BCUT2D eigenvalue weighted by Crippen LogP contribution is -2.22. The average molecular weight is 379 g/mol. The van der Waals surface area contributed by atoms with E-state index >= 15 is 0 Å². The zero-order chi connectivity index (χ0) is 19.6. The van der Waals surface area contributed by atoms with E-state index in [9.17, 15) is 17.6 Å². The van der Waals surface area contributed by atoms with E-state index in [0.717, 1.165) is 0 Å². The molecule has 0 amide bonds. The van der Waals surface area contributed by atoms with Gasteiger partial charge in [-0.15, -0.1) is 13.2 Å². The third-order valence-corrected chi connectivity index (χ3v) is 3.44. The van der Waals surface area contributed by atoms with E-state index in [-0.39, 0.29) is 29.8 Å². The highest BCUT2D eigenvalue weighted by Gasteiger charge is 2.30. The fraction of sp³-hybridized carbons (Fsp3) is 0.118. The quantitative estimate of drug-likeness (QED) is 0.412. The van der Waals surface area contributed by atoms with Crippen LogP contribution in [-0.2, 0) is 6.42 Å². The Bertz CT molecular complexity index is 999. The van der Waals surface area contributed by atoms with Gasteiger partial charge in [0.15, 0.2) is 11.8 Å². The SMILES string of the molecule is NC(N)=Nc1nc(Cc2ccc(OC(F)(F)F)cc2)nc2cc(F)ccc12. The second-order valence-electron chi connectivity index (χ2n) is 5.53. The maximum Gasteiger partial charge on any atom is 0.573 e. The summed E-state index contributed by atoms with van der Waals surface area (Å²) >= 11 is 0. The highest BCUT2D eigenvalue weighted by molar-refractivity contribution is 5.91. The molecule has 3 rings (SSSR count). The molecule has 1 heterocycles. The van der Waals surface area contributed by atoms with Crippen LogP contribution in [0.3, 0.4) is 0 Å². The average Bonchev–Trinajstić information content (AvgIpc) is 2.54. The van der Waals surface area contributed by atoms with Crippen molar-refractivity contribution in [1.29, 1.82) is 0 Å². The van der Waals surface area contributed by atoms with Crippen LogP contribution >= 0.6 is 0 Å². The van der Waals surface area contributed by atoms with E-state index in [0.29, 0.717) is 16.5 Å². The predicted molar refractivity (Wildman–Crippen MR) is 90.9 cm³/mol. The number of ether oxygens (including phenoxy) is 1. The molecular formula is C17H13F4N5O. The van der Waals surface area contributed by atoms with Crippen molar-refractivity contribution in [2.45, 2.75) is 12.8 Å². The normalized spacial score (nSPS) is 11.4. The first-order chi connectivity index (χ1) is 12.7. The van der Waals surface area contributed by atoms with Gasteiger partial charge in [-0.1, -0.05) is 12.1 Å². The third kappa shape index (κ3) is 4.81. The van der Waals surface area contributed by atoms with Crippen LogP contribution in [0, 0.1) is 5.82 Å². The molecule has 3 aromatic rings. The fourth-order valence-electron chi connectivity index (χ4n) is 2.41. The molecule has 140 valence electrons. The van der Waals surface area contributed by atoms with Gasteiger partial charge in [0, 0.05) is 17.9 Å². The molecule has 4 N–H and O–H groups in total. The number of rotatable bonds is 4. The van der Waals surface area contributed by atoms with Crippen LogP contribution in [0.1, 0.15) is 11.4 Å². The van der Waals surface area contributed by atoms with Gasteiger partial charge in [0.25, 0.3) is 0 Å². The number of benzene rings is 2. The van der Waals surface area contributed by atoms with E-state index < -0.39 is 12.2 Å². The van der Waals surface area contributed by atoms with Gasteiger partial charge in [-0.2, -0.15) is 4.99 Å². The molecular weight excluding hydrogens is 366 g/mol. The van der Waals surface area contributed by atoms with E-state index in [1.807, 2.05) is 0 Å². The van der Waals surface area contributed by atoms with E-state index in [1.54, 1.807) is 0 Å². The minimum absolute atomic E-state index is 0.172. The van der Waals surface area contributed by atoms with Crippen LogP contribution in [0.2, 0.25) is 0 Å². The number of fused-ring (bicyclic) bond motifs is 1. The number of guanidine groups is 1. The van der Waals surface area contributed by atoms with Crippen LogP contribution in [0.15, 0.2) is 47.5 Å². The molecule has 0 unspecified atom stereocenters. The van der Waals surface area contributed by atoms with Crippen molar-refractivity contribution in [3.05, 3.63) is 59.7 Å². The number of nitrogens with two attached hydrogens (primary N) is 2. The summed E-state index contributed by atoms with van der Waals surface area (Å²) in [6.07, 6.45) is -4.59. The van der Waals surface area contributed by atoms with Gasteiger partial charge in [0.2, 0.25) is 0 Å². The summed E-state index contributed by atoms with van der Waals surface area (Å²) < 4.78 is 54.0. The first-order valence-electron chi connectivity index (χ1n) is 7.60. The summed E-state index contributed by atoms with van der Waals surface area (Å²) in [5.74, 6) is -0.603. The molecule has 10 heteroatoms. The first kappa shape index (κ1) is 18.4. The molecule has 1 aromatic heterocycles. The maximum absolute atomic E-state index is 13.5. The van der Waals surface area contributed by atoms with Crippen molar-refractivity contribution in [1.82, 2.24) is 9.97 Å².